The van der Waals surface area contributed by atoms with Gasteiger partial charge in [0.25, 0.3) is 10.0 Å². The average Bonchev–Trinajstić information content (AvgIpc) is 3.05. The van der Waals surface area contributed by atoms with E-state index >= 15 is 0 Å². The minimum atomic E-state index is -3.62. The van der Waals surface area contributed by atoms with Crippen molar-refractivity contribution in [2.24, 2.45) is 0 Å². The molecule has 0 fully saturated rings. The molecule has 8 heteroatoms. The minimum Gasteiger partial charge on any atom is -0.454 e. The second kappa shape index (κ2) is 4.83. The van der Waals surface area contributed by atoms with E-state index in [1.54, 1.807) is 24.3 Å². The van der Waals surface area contributed by atoms with Gasteiger partial charge in [0.05, 0.1) is 10.0 Å². The highest BCUT2D eigenvalue weighted by molar-refractivity contribution is 7.94. The Morgan fingerprint density at radius 3 is 2.65 bits per heavy atom. The zero-order valence-corrected chi connectivity index (χ0v) is 12.8. The minimum absolute atomic E-state index is 0.149. The maximum atomic E-state index is 12.5. The predicted molar refractivity (Wildman–Crippen MR) is 77.5 cm³/mol. The van der Waals surface area contributed by atoms with E-state index in [0.717, 1.165) is 11.3 Å². The van der Waals surface area contributed by atoms with E-state index in [9.17, 15) is 8.42 Å². The fourth-order valence-corrected chi connectivity index (χ4v) is 4.63. The van der Waals surface area contributed by atoms with E-state index in [2.05, 4.69) is 0 Å². The molecule has 1 aromatic heterocycles. The van der Waals surface area contributed by atoms with Gasteiger partial charge in [-0.15, -0.1) is 11.3 Å². The summed E-state index contributed by atoms with van der Waals surface area (Å²) in [7, 11) is -2.13. The molecule has 20 heavy (non-hydrogen) atoms. The molecule has 106 valence electrons. The van der Waals surface area contributed by atoms with Crippen LogP contribution in [-0.4, -0.2) is 22.3 Å². The molecule has 0 aliphatic carbocycles. The molecule has 0 saturated heterocycles. The largest absolute Gasteiger partial charge is 0.454 e. The van der Waals surface area contributed by atoms with E-state index in [0.29, 0.717) is 21.5 Å². The number of sulfonamides is 1. The Morgan fingerprint density at radius 1 is 1.20 bits per heavy atom. The molecule has 1 aliphatic heterocycles. The molecular weight excluding hydrogens is 322 g/mol. The molecule has 1 aliphatic rings. The van der Waals surface area contributed by atoms with Crippen LogP contribution in [0.2, 0.25) is 4.34 Å². The van der Waals surface area contributed by atoms with E-state index in [1.165, 1.54) is 17.4 Å². The highest BCUT2D eigenvalue weighted by Crippen LogP contribution is 2.37. The first-order chi connectivity index (χ1) is 9.48. The summed E-state index contributed by atoms with van der Waals surface area (Å²) < 4.78 is 37.2. The molecule has 0 radical (unpaired) electrons. The molecule has 2 aromatic rings. The van der Waals surface area contributed by atoms with E-state index in [4.69, 9.17) is 21.1 Å². The van der Waals surface area contributed by atoms with Crippen LogP contribution in [-0.2, 0) is 10.0 Å². The summed E-state index contributed by atoms with van der Waals surface area (Å²) in [5.74, 6) is 1.15. The number of hydrogen-bond acceptors (Lipinski definition) is 5. The van der Waals surface area contributed by atoms with Crippen LogP contribution in [0.3, 0.4) is 0 Å². The lowest BCUT2D eigenvalue weighted by atomic mass is 10.3. The van der Waals surface area contributed by atoms with Crippen LogP contribution in [0.1, 0.15) is 0 Å². The standard InChI is InChI=1S/C12H10ClNO4S2/c1-14(20(15,16)12-5-4-11(13)19-12)8-2-3-9-10(6-8)18-7-17-9/h2-6H,7H2,1H3. The molecule has 3 rings (SSSR count). The van der Waals surface area contributed by atoms with Crippen molar-refractivity contribution < 1.29 is 17.9 Å². The molecule has 0 saturated carbocycles. The number of halogens is 1. The van der Waals surface area contributed by atoms with Crippen LogP contribution < -0.4 is 13.8 Å². The second-order valence-electron chi connectivity index (χ2n) is 4.07. The first-order valence-corrected chi connectivity index (χ1v) is 8.26. The lowest BCUT2D eigenvalue weighted by Gasteiger charge is -2.18. The van der Waals surface area contributed by atoms with E-state index in [1.807, 2.05) is 0 Å². The maximum absolute atomic E-state index is 12.5. The van der Waals surface area contributed by atoms with Gasteiger partial charge in [-0.1, -0.05) is 11.6 Å². The molecule has 5 nitrogen and oxygen atoms in total. The Bertz CT molecular complexity index is 757. The first-order valence-electron chi connectivity index (χ1n) is 5.62. The van der Waals surface area contributed by atoms with Gasteiger partial charge in [-0.2, -0.15) is 0 Å². The van der Waals surface area contributed by atoms with Crippen molar-refractivity contribution >= 4 is 38.6 Å². The number of fused-ring (bicyclic) bond motifs is 1. The topological polar surface area (TPSA) is 55.8 Å². The Balaban J connectivity index is 1.98. The molecule has 0 atom stereocenters. The Labute approximate surface area is 125 Å². The third kappa shape index (κ3) is 2.21. The quantitative estimate of drug-likeness (QED) is 0.867. The van der Waals surface area contributed by atoms with Gasteiger partial charge in [0, 0.05) is 13.1 Å². The van der Waals surface area contributed by atoms with Crippen LogP contribution >= 0.6 is 22.9 Å². The van der Waals surface area contributed by atoms with Gasteiger partial charge in [-0.05, 0) is 24.3 Å². The first kappa shape index (κ1) is 13.5. The van der Waals surface area contributed by atoms with Crippen molar-refractivity contribution in [3.8, 4) is 11.5 Å². The summed E-state index contributed by atoms with van der Waals surface area (Å²) in [6.45, 7) is 0.149. The highest BCUT2D eigenvalue weighted by Gasteiger charge is 2.25. The van der Waals surface area contributed by atoms with Crippen LogP contribution in [0.25, 0.3) is 0 Å². The predicted octanol–water partition coefficient (Wildman–Crippen LogP) is 2.96. The number of ether oxygens (including phenoxy) is 2. The third-order valence-electron chi connectivity index (χ3n) is 2.88. The fourth-order valence-electron chi connectivity index (χ4n) is 1.79. The second-order valence-corrected chi connectivity index (χ2v) is 7.98. The van der Waals surface area contributed by atoms with Crippen LogP contribution in [0.15, 0.2) is 34.5 Å². The molecule has 2 heterocycles. The zero-order chi connectivity index (χ0) is 14.3. The smallest absolute Gasteiger partial charge is 0.273 e. The zero-order valence-electron chi connectivity index (χ0n) is 10.4. The number of hydrogen-bond donors (Lipinski definition) is 0. The number of anilines is 1. The van der Waals surface area contributed by atoms with Crippen molar-refractivity contribution in [1.82, 2.24) is 0 Å². The van der Waals surface area contributed by atoms with Gasteiger partial charge < -0.3 is 9.47 Å². The summed E-state index contributed by atoms with van der Waals surface area (Å²) in [6.07, 6.45) is 0. The summed E-state index contributed by atoms with van der Waals surface area (Å²) in [6, 6.07) is 8.04. The van der Waals surface area contributed by atoms with Gasteiger partial charge in [0.15, 0.2) is 11.5 Å². The number of benzene rings is 1. The maximum Gasteiger partial charge on any atom is 0.273 e. The van der Waals surface area contributed by atoms with Crippen molar-refractivity contribution in [2.75, 3.05) is 18.1 Å². The molecule has 0 unspecified atom stereocenters. The van der Waals surface area contributed by atoms with Crippen LogP contribution in [0.5, 0.6) is 11.5 Å². The Morgan fingerprint density at radius 2 is 1.95 bits per heavy atom. The van der Waals surface area contributed by atoms with Gasteiger partial charge in [-0.3, -0.25) is 4.31 Å². The van der Waals surface area contributed by atoms with Crippen molar-refractivity contribution in [2.45, 2.75) is 4.21 Å². The number of nitrogens with zero attached hydrogens (tertiary/aromatic N) is 1. The average molecular weight is 332 g/mol. The van der Waals surface area contributed by atoms with Gasteiger partial charge >= 0.3 is 0 Å². The lowest BCUT2D eigenvalue weighted by molar-refractivity contribution is 0.174. The van der Waals surface area contributed by atoms with Crippen LogP contribution in [0, 0.1) is 0 Å². The van der Waals surface area contributed by atoms with Crippen LogP contribution in [0.4, 0.5) is 5.69 Å². The monoisotopic (exact) mass is 331 g/mol. The summed E-state index contributed by atoms with van der Waals surface area (Å²) in [5.41, 5.74) is 0.499. The van der Waals surface area contributed by atoms with Crippen molar-refractivity contribution in [3.63, 3.8) is 0 Å². The van der Waals surface area contributed by atoms with Gasteiger partial charge in [-0.25, -0.2) is 8.42 Å². The fraction of sp³-hybridized carbons (Fsp3) is 0.167. The van der Waals surface area contributed by atoms with Gasteiger partial charge in [0.1, 0.15) is 4.21 Å². The number of rotatable bonds is 3. The van der Waals surface area contributed by atoms with E-state index < -0.39 is 10.0 Å². The molecule has 0 amide bonds. The lowest BCUT2D eigenvalue weighted by Crippen LogP contribution is -2.25. The normalized spacial score (nSPS) is 13.5. The third-order valence-corrected chi connectivity index (χ3v) is 6.37. The highest BCUT2D eigenvalue weighted by atomic mass is 35.5. The van der Waals surface area contributed by atoms with Crippen molar-refractivity contribution in [1.29, 1.82) is 0 Å². The SMILES string of the molecule is CN(c1ccc2c(c1)OCO2)S(=O)(=O)c1ccc(Cl)s1. The molecule has 0 spiro atoms. The Kier molecular flexibility index (Phi) is 3.27. The van der Waals surface area contributed by atoms with Crippen molar-refractivity contribution in [3.05, 3.63) is 34.7 Å². The molecule has 1 aromatic carbocycles. The summed E-state index contributed by atoms with van der Waals surface area (Å²) in [5, 5.41) is 0. The molecule has 0 bridgehead atoms. The van der Waals surface area contributed by atoms with E-state index in [-0.39, 0.29) is 11.0 Å². The van der Waals surface area contributed by atoms with Gasteiger partial charge in [0.2, 0.25) is 6.79 Å². The molecular formula is C12H10ClNO4S2. The summed E-state index contributed by atoms with van der Waals surface area (Å²) >= 11 is 6.82. The number of thiophene rings is 1. The molecule has 0 N–H and O–H groups in total. The Hall–Kier alpha value is -1.44. The summed E-state index contributed by atoms with van der Waals surface area (Å²) in [4.78, 5) is 0.